The van der Waals surface area contributed by atoms with Gasteiger partial charge in [-0.25, -0.2) is 0 Å². The van der Waals surface area contributed by atoms with Crippen LogP contribution in [0.5, 0.6) is 0 Å². The van der Waals surface area contributed by atoms with Crippen molar-refractivity contribution in [3.05, 3.63) is 134 Å². The highest BCUT2D eigenvalue weighted by molar-refractivity contribution is 6.12. The molecule has 3 aromatic heterocycles. The third kappa shape index (κ3) is 3.20. The molecule has 0 fully saturated rings. The van der Waals surface area contributed by atoms with E-state index in [2.05, 4.69) is 97.1 Å². The molecule has 0 radical (unpaired) electrons. The number of para-hydroxylation sites is 2. The van der Waals surface area contributed by atoms with Crippen LogP contribution >= 0.6 is 0 Å². The minimum atomic E-state index is 0.893. The van der Waals surface area contributed by atoms with Crippen LogP contribution < -0.4 is 0 Å². The normalized spacial score (nSPS) is 11.9. The lowest BCUT2D eigenvalue weighted by molar-refractivity contribution is 0.670. The van der Waals surface area contributed by atoms with E-state index in [4.69, 9.17) is 14.4 Å². The lowest BCUT2D eigenvalue weighted by atomic mass is 9.80. The second-order valence-corrected chi connectivity index (χ2v) is 10.6. The van der Waals surface area contributed by atoms with Gasteiger partial charge in [-0.3, -0.25) is 9.97 Å². The Morgan fingerprint density at radius 1 is 0.463 bits per heavy atom. The molecule has 190 valence electrons. The maximum absolute atomic E-state index is 6.43. The van der Waals surface area contributed by atoms with Gasteiger partial charge in [-0.05, 0) is 63.2 Å². The van der Waals surface area contributed by atoms with Crippen molar-refractivity contribution in [2.45, 2.75) is 0 Å². The zero-order chi connectivity index (χ0) is 26.9. The molecular weight excluding hydrogens is 500 g/mol. The Morgan fingerprint density at radius 3 is 2.02 bits per heavy atom. The lowest BCUT2D eigenvalue weighted by Crippen LogP contribution is -2.00. The zero-order valence-corrected chi connectivity index (χ0v) is 22.0. The monoisotopic (exact) mass is 522 g/mol. The summed E-state index contributed by atoms with van der Waals surface area (Å²) in [5.41, 5.74) is 15.1. The molecule has 0 N–H and O–H groups in total. The van der Waals surface area contributed by atoms with Gasteiger partial charge in [-0.2, -0.15) is 0 Å². The van der Waals surface area contributed by atoms with Gasteiger partial charge in [0.1, 0.15) is 11.2 Å². The third-order valence-electron chi connectivity index (χ3n) is 8.35. The summed E-state index contributed by atoms with van der Waals surface area (Å²) >= 11 is 0. The van der Waals surface area contributed by atoms with E-state index in [1.807, 2.05) is 36.7 Å². The van der Waals surface area contributed by atoms with Gasteiger partial charge < -0.3 is 4.42 Å². The predicted octanol–water partition coefficient (Wildman–Crippen LogP) is 10.2. The van der Waals surface area contributed by atoms with Crippen molar-refractivity contribution >= 4 is 33.0 Å². The molecule has 3 nitrogen and oxygen atoms in total. The summed E-state index contributed by atoms with van der Waals surface area (Å²) in [5, 5.41) is 2.27. The molecule has 41 heavy (non-hydrogen) atoms. The molecule has 3 heteroatoms. The standard InChI is InChI=1S/C38H22N2O/c1-2-10-26-25(9-1)28-19-18-23(24-14-7-15-31-29-12-5-6-17-35(29)41-38(24)31)21-32(28)27-11-3-4-13-30(27)36-33(26)22-40-34-16-8-20-39-37(34)36/h1-22H. The Labute approximate surface area is 236 Å². The summed E-state index contributed by atoms with van der Waals surface area (Å²) < 4.78 is 6.43. The summed E-state index contributed by atoms with van der Waals surface area (Å²) in [4.78, 5) is 9.66. The molecule has 5 aromatic carbocycles. The van der Waals surface area contributed by atoms with Crippen molar-refractivity contribution < 1.29 is 4.42 Å². The molecule has 0 atom stereocenters. The minimum absolute atomic E-state index is 0.893. The number of rotatable bonds is 1. The van der Waals surface area contributed by atoms with Crippen LogP contribution in [0.2, 0.25) is 0 Å². The smallest absolute Gasteiger partial charge is 0.143 e. The number of nitrogens with zero attached hydrogens (tertiary/aromatic N) is 2. The second kappa shape index (κ2) is 8.48. The number of hydrogen-bond acceptors (Lipinski definition) is 3. The molecule has 3 heterocycles. The fourth-order valence-electron chi connectivity index (χ4n) is 6.53. The van der Waals surface area contributed by atoms with E-state index in [1.54, 1.807) is 0 Å². The summed E-state index contributed by atoms with van der Waals surface area (Å²) in [5.74, 6) is 0. The number of fused-ring (bicyclic) bond motifs is 13. The molecule has 1 aliphatic rings. The summed E-state index contributed by atoms with van der Waals surface area (Å²) in [6.07, 6.45) is 3.87. The minimum Gasteiger partial charge on any atom is -0.455 e. The molecular formula is C38H22N2O. The molecule has 8 aromatic rings. The van der Waals surface area contributed by atoms with E-state index in [1.165, 1.54) is 22.3 Å². The molecule has 0 bridgehead atoms. The Morgan fingerprint density at radius 2 is 1.15 bits per heavy atom. The maximum Gasteiger partial charge on any atom is 0.143 e. The van der Waals surface area contributed by atoms with Gasteiger partial charge in [0.05, 0.1) is 11.0 Å². The van der Waals surface area contributed by atoms with Crippen LogP contribution in [0.1, 0.15) is 0 Å². The highest BCUT2D eigenvalue weighted by Crippen LogP contribution is 2.50. The van der Waals surface area contributed by atoms with E-state index >= 15 is 0 Å². The molecule has 0 amide bonds. The Kier molecular flexibility index (Phi) is 4.61. The number of furan rings is 1. The van der Waals surface area contributed by atoms with Crippen LogP contribution in [-0.2, 0) is 0 Å². The van der Waals surface area contributed by atoms with Crippen molar-refractivity contribution in [2.75, 3.05) is 0 Å². The number of hydrogen-bond donors (Lipinski definition) is 0. The number of aromatic nitrogens is 2. The highest BCUT2D eigenvalue weighted by Gasteiger charge is 2.25. The number of pyridine rings is 2. The molecule has 0 saturated carbocycles. The van der Waals surface area contributed by atoms with Gasteiger partial charge in [-0.15, -0.1) is 0 Å². The fraction of sp³-hybridized carbons (Fsp3) is 0. The summed E-state index contributed by atoms with van der Waals surface area (Å²) in [7, 11) is 0. The van der Waals surface area contributed by atoms with Crippen molar-refractivity contribution in [3.63, 3.8) is 0 Å². The average molecular weight is 523 g/mol. The Balaban J connectivity index is 1.38. The van der Waals surface area contributed by atoms with Gasteiger partial charge in [0.15, 0.2) is 0 Å². The van der Waals surface area contributed by atoms with Crippen LogP contribution in [0.15, 0.2) is 138 Å². The Hall–Kier alpha value is -5.54. The summed E-state index contributed by atoms with van der Waals surface area (Å²) in [6.45, 7) is 0. The summed E-state index contributed by atoms with van der Waals surface area (Å²) in [6, 6.07) is 42.8. The van der Waals surface area contributed by atoms with Gasteiger partial charge in [-0.1, -0.05) is 97.1 Å². The first-order chi connectivity index (χ1) is 20.3. The predicted molar refractivity (Wildman–Crippen MR) is 168 cm³/mol. The van der Waals surface area contributed by atoms with Crippen molar-refractivity contribution in [1.82, 2.24) is 9.97 Å². The third-order valence-corrected chi connectivity index (χ3v) is 8.35. The average Bonchev–Trinajstić information content (AvgIpc) is 3.42. The van der Waals surface area contributed by atoms with E-state index in [0.29, 0.717) is 0 Å². The quantitative estimate of drug-likeness (QED) is 0.215. The first-order valence-corrected chi connectivity index (χ1v) is 13.8. The molecule has 0 unspecified atom stereocenters. The van der Waals surface area contributed by atoms with Gasteiger partial charge in [0.2, 0.25) is 0 Å². The topological polar surface area (TPSA) is 38.9 Å². The van der Waals surface area contributed by atoms with Crippen molar-refractivity contribution in [3.8, 4) is 55.6 Å². The van der Waals surface area contributed by atoms with Crippen LogP contribution in [0.3, 0.4) is 0 Å². The van der Waals surface area contributed by atoms with Gasteiger partial charge in [0.25, 0.3) is 0 Å². The first kappa shape index (κ1) is 22.3. The zero-order valence-electron chi connectivity index (χ0n) is 22.0. The van der Waals surface area contributed by atoms with Crippen molar-refractivity contribution in [2.24, 2.45) is 0 Å². The van der Waals surface area contributed by atoms with Crippen LogP contribution in [-0.4, -0.2) is 9.97 Å². The van der Waals surface area contributed by atoms with Gasteiger partial charge >= 0.3 is 0 Å². The van der Waals surface area contributed by atoms with E-state index < -0.39 is 0 Å². The largest absolute Gasteiger partial charge is 0.455 e. The van der Waals surface area contributed by atoms with E-state index in [9.17, 15) is 0 Å². The van der Waals surface area contributed by atoms with E-state index in [-0.39, 0.29) is 0 Å². The van der Waals surface area contributed by atoms with E-state index in [0.717, 1.165) is 66.4 Å². The SMILES string of the molecule is c1ccc2c(c1)-c1ccc(-c3cccc4c3oc3ccccc34)cc1-c1ccccc1-c1c-2cnc2cccnc12. The van der Waals surface area contributed by atoms with Crippen molar-refractivity contribution in [1.29, 1.82) is 0 Å². The van der Waals surface area contributed by atoms with Crippen LogP contribution in [0.4, 0.5) is 0 Å². The lowest BCUT2D eigenvalue weighted by Gasteiger charge is -2.24. The van der Waals surface area contributed by atoms with Gasteiger partial charge in [0, 0.05) is 39.9 Å². The first-order valence-electron chi connectivity index (χ1n) is 13.8. The Bertz CT molecular complexity index is 2330. The molecule has 9 rings (SSSR count). The van der Waals surface area contributed by atoms with Crippen LogP contribution in [0, 0.1) is 0 Å². The number of benzene rings is 5. The second-order valence-electron chi connectivity index (χ2n) is 10.6. The molecule has 0 saturated heterocycles. The maximum atomic E-state index is 6.43. The molecule has 1 aliphatic carbocycles. The molecule has 0 aliphatic heterocycles. The molecule has 0 spiro atoms. The highest BCUT2D eigenvalue weighted by atomic mass is 16.3. The van der Waals surface area contributed by atoms with Crippen LogP contribution in [0.25, 0.3) is 88.6 Å². The fourth-order valence-corrected chi connectivity index (χ4v) is 6.53.